The van der Waals surface area contributed by atoms with E-state index in [1.54, 1.807) is 30.3 Å². The Hall–Kier alpha value is -3.88. The highest BCUT2D eigenvalue weighted by molar-refractivity contribution is 6.09. The Morgan fingerprint density at radius 2 is 1.54 bits per heavy atom. The molecule has 0 radical (unpaired) electrons. The third-order valence-electron chi connectivity index (χ3n) is 4.26. The molecule has 3 rings (SSSR count). The zero-order chi connectivity index (χ0) is 20.3. The van der Waals surface area contributed by atoms with E-state index < -0.39 is 30.0 Å². The van der Waals surface area contributed by atoms with Crippen molar-refractivity contribution in [1.29, 1.82) is 0 Å². The van der Waals surface area contributed by atoms with Crippen molar-refractivity contribution in [3.63, 3.8) is 0 Å². The number of phenols is 1. The number of benzene rings is 2. The zero-order valence-electron chi connectivity index (χ0n) is 14.6. The molecule has 1 aliphatic heterocycles. The fourth-order valence-corrected chi connectivity index (χ4v) is 2.81. The molecule has 1 unspecified atom stereocenters. The van der Waals surface area contributed by atoms with Crippen LogP contribution in [0.4, 0.5) is 9.59 Å². The van der Waals surface area contributed by atoms with Crippen molar-refractivity contribution in [3.05, 3.63) is 65.7 Å². The third kappa shape index (κ3) is 3.78. The molecule has 1 saturated heterocycles. The molecule has 28 heavy (non-hydrogen) atoms. The van der Waals surface area contributed by atoms with E-state index in [0.29, 0.717) is 5.56 Å². The summed E-state index contributed by atoms with van der Waals surface area (Å²) in [5.41, 5.74) is 0.535. The van der Waals surface area contributed by atoms with Crippen molar-refractivity contribution in [2.75, 3.05) is 13.1 Å². The van der Waals surface area contributed by atoms with Gasteiger partial charge in [-0.2, -0.15) is 0 Å². The van der Waals surface area contributed by atoms with Crippen LogP contribution in [0.25, 0.3) is 0 Å². The number of imide groups is 2. The fourth-order valence-electron chi connectivity index (χ4n) is 2.81. The van der Waals surface area contributed by atoms with Crippen LogP contribution in [0.5, 0.6) is 5.75 Å². The van der Waals surface area contributed by atoms with Crippen LogP contribution in [0.15, 0.2) is 54.6 Å². The quantitative estimate of drug-likeness (QED) is 0.739. The first-order chi connectivity index (χ1) is 13.4. The molecule has 144 valence electrons. The molecule has 1 heterocycles. The summed E-state index contributed by atoms with van der Waals surface area (Å²) >= 11 is 0. The van der Waals surface area contributed by atoms with Gasteiger partial charge in [0.25, 0.3) is 5.91 Å². The number of rotatable bonds is 4. The third-order valence-corrected chi connectivity index (χ3v) is 4.26. The van der Waals surface area contributed by atoms with Crippen LogP contribution in [0, 0.1) is 0 Å². The minimum absolute atomic E-state index is 0.0108. The molecule has 1 aliphatic rings. The number of aromatic hydroxyl groups is 1. The van der Waals surface area contributed by atoms with E-state index in [9.17, 15) is 29.4 Å². The van der Waals surface area contributed by atoms with Crippen LogP contribution < -0.4 is 5.32 Å². The van der Waals surface area contributed by atoms with Crippen LogP contribution in [0.3, 0.4) is 0 Å². The lowest BCUT2D eigenvalue weighted by atomic mass is 10.1. The fraction of sp³-hybridized carbons (Fsp3) is 0.158. The van der Waals surface area contributed by atoms with Crippen molar-refractivity contribution in [2.45, 2.75) is 6.04 Å². The van der Waals surface area contributed by atoms with Crippen LogP contribution >= 0.6 is 0 Å². The summed E-state index contributed by atoms with van der Waals surface area (Å²) in [5.74, 6) is -1.92. The number of urea groups is 2. The molecule has 9 heteroatoms. The highest BCUT2D eigenvalue weighted by atomic mass is 16.4. The highest BCUT2D eigenvalue weighted by Gasteiger charge is 2.38. The van der Waals surface area contributed by atoms with Gasteiger partial charge in [-0.1, -0.05) is 30.3 Å². The molecule has 0 aliphatic carbocycles. The number of nitrogens with one attached hydrogen (secondary N) is 1. The molecule has 2 aromatic rings. The number of carbonyl (C=O) groups is 4. The molecule has 1 atom stereocenters. The lowest BCUT2D eigenvalue weighted by Gasteiger charge is -2.20. The lowest BCUT2D eigenvalue weighted by Crippen LogP contribution is -2.46. The van der Waals surface area contributed by atoms with Crippen LogP contribution in [-0.4, -0.2) is 57.0 Å². The van der Waals surface area contributed by atoms with E-state index in [0.717, 1.165) is 9.80 Å². The second kappa shape index (κ2) is 7.78. The SMILES string of the molecule is O=C(O)C(NC(=O)N1CCN(C(=O)c2ccccc2)C1=O)c1ccc(O)cc1. The molecular formula is C19H17N3O6. The molecular weight excluding hydrogens is 366 g/mol. The molecule has 2 aromatic carbocycles. The maximum atomic E-state index is 12.5. The van der Waals surface area contributed by atoms with Gasteiger partial charge in [-0.15, -0.1) is 0 Å². The predicted octanol–water partition coefficient (Wildman–Crippen LogP) is 1.81. The van der Waals surface area contributed by atoms with E-state index in [4.69, 9.17) is 0 Å². The Labute approximate surface area is 159 Å². The molecule has 9 nitrogen and oxygen atoms in total. The number of amides is 5. The van der Waals surface area contributed by atoms with Gasteiger partial charge in [-0.3, -0.25) is 9.69 Å². The Balaban J connectivity index is 1.72. The van der Waals surface area contributed by atoms with E-state index in [-0.39, 0.29) is 24.4 Å². The number of carboxylic acids is 1. The van der Waals surface area contributed by atoms with Crippen molar-refractivity contribution in [3.8, 4) is 5.75 Å². The Morgan fingerprint density at radius 3 is 2.14 bits per heavy atom. The topological polar surface area (TPSA) is 127 Å². The smallest absolute Gasteiger partial charge is 0.335 e. The highest BCUT2D eigenvalue weighted by Crippen LogP contribution is 2.19. The molecule has 5 amide bonds. The maximum absolute atomic E-state index is 12.5. The van der Waals surface area contributed by atoms with Crippen LogP contribution in [0.1, 0.15) is 22.0 Å². The summed E-state index contributed by atoms with van der Waals surface area (Å²) in [6, 6.07) is 10.3. The predicted molar refractivity (Wildman–Crippen MR) is 96.6 cm³/mol. The van der Waals surface area contributed by atoms with E-state index in [1.807, 2.05) is 0 Å². The van der Waals surface area contributed by atoms with Crippen molar-refractivity contribution in [2.24, 2.45) is 0 Å². The first-order valence-electron chi connectivity index (χ1n) is 8.39. The molecule has 0 aromatic heterocycles. The molecule has 3 N–H and O–H groups in total. The number of carboxylic acid groups (broad SMARTS) is 1. The number of carbonyl (C=O) groups excluding carboxylic acids is 3. The minimum Gasteiger partial charge on any atom is -0.508 e. The van der Waals surface area contributed by atoms with Crippen molar-refractivity contribution < 1.29 is 29.4 Å². The summed E-state index contributed by atoms with van der Waals surface area (Å²) < 4.78 is 0. The number of phenolic OH excluding ortho intramolecular Hbond substituents is 1. The Morgan fingerprint density at radius 1 is 0.929 bits per heavy atom. The summed E-state index contributed by atoms with van der Waals surface area (Å²) in [5, 5.41) is 21.0. The number of nitrogens with zero attached hydrogens (tertiary/aromatic N) is 2. The van der Waals surface area contributed by atoms with Gasteiger partial charge in [0.1, 0.15) is 5.75 Å². The van der Waals surface area contributed by atoms with Crippen molar-refractivity contribution in [1.82, 2.24) is 15.1 Å². The van der Waals surface area contributed by atoms with Gasteiger partial charge in [-0.05, 0) is 29.8 Å². The van der Waals surface area contributed by atoms with Crippen LogP contribution in [-0.2, 0) is 4.79 Å². The van der Waals surface area contributed by atoms with Gasteiger partial charge < -0.3 is 15.5 Å². The first-order valence-corrected chi connectivity index (χ1v) is 8.39. The lowest BCUT2D eigenvalue weighted by molar-refractivity contribution is -0.139. The number of hydrogen-bond acceptors (Lipinski definition) is 5. The number of aliphatic carboxylic acids is 1. The Bertz CT molecular complexity index is 913. The maximum Gasteiger partial charge on any atom is 0.335 e. The zero-order valence-corrected chi connectivity index (χ0v) is 14.6. The van der Waals surface area contributed by atoms with Gasteiger partial charge in [0, 0.05) is 12.1 Å². The second-order valence-electron chi connectivity index (χ2n) is 6.07. The molecule has 0 bridgehead atoms. The Kier molecular flexibility index (Phi) is 5.25. The first kappa shape index (κ1) is 18.9. The average Bonchev–Trinajstić information content (AvgIpc) is 3.08. The van der Waals surface area contributed by atoms with Gasteiger partial charge >= 0.3 is 18.0 Å². The largest absolute Gasteiger partial charge is 0.508 e. The van der Waals surface area contributed by atoms with E-state index in [1.165, 1.54) is 24.3 Å². The van der Waals surface area contributed by atoms with E-state index >= 15 is 0 Å². The number of hydrogen-bond donors (Lipinski definition) is 3. The second-order valence-corrected chi connectivity index (χ2v) is 6.07. The molecule has 0 saturated carbocycles. The standard InChI is InChI=1S/C19H17N3O6/c23-14-8-6-12(7-9-14)15(17(25)26)20-18(27)22-11-10-21(19(22)28)16(24)13-4-2-1-3-5-13/h1-9,15,23H,10-11H2,(H,20,27)(H,25,26). The average molecular weight is 383 g/mol. The van der Waals surface area contributed by atoms with Crippen molar-refractivity contribution >= 4 is 23.9 Å². The van der Waals surface area contributed by atoms with E-state index in [2.05, 4.69) is 5.32 Å². The van der Waals surface area contributed by atoms with Gasteiger partial charge in [0.15, 0.2) is 6.04 Å². The summed E-state index contributed by atoms with van der Waals surface area (Å²) in [6.45, 7) is -0.0396. The van der Waals surface area contributed by atoms with Crippen LogP contribution in [0.2, 0.25) is 0 Å². The summed E-state index contributed by atoms with van der Waals surface area (Å²) in [4.78, 5) is 50.6. The minimum atomic E-state index is -1.42. The summed E-state index contributed by atoms with van der Waals surface area (Å²) in [7, 11) is 0. The molecule has 0 spiro atoms. The monoisotopic (exact) mass is 383 g/mol. The van der Waals surface area contributed by atoms with Gasteiger partial charge in [-0.25, -0.2) is 19.3 Å². The summed E-state index contributed by atoms with van der Waals surface area (Å²) in [6.07, 6.45) is 0. The van der Waals surface area contributed by atoms with Gasteiger partial charge in [0.2, 0.25) is 0 Å². The van der Waals surface area contributed by atoms with Gasteiger partial charge in [0.05, 0.1) is 6.54 Å². The molecule has 1 fully saturated rings. The normalized spacial score (nSPS) is 14.6.